The van der Waals surface area contributed by atoms with Crippen LogP contribution in [0, 0.1) is 0 Å². The van der Waals surface area contributed by atoms with E-state index in [-0.39, 0.29) is 12.2 Å². The van der Waals surface area contributed by atoms with Crippen LogP contribution in [0.2, 0.25) is 5.02 Å². The van der Waals surface area contributed by atoms with E-state index in [2.05, 4.69) is 21.2 Å². The van der Waals surface area contributed by atoms with Gasteiger partial charge in [0.25, 0.3) is 11.8 Å². The first kappa shape index (κ1) is 25.5. The average molecular weight is 570 g/mol. The largest absolute Gasteiger partial charge is 0.494 e. The van der Waals surface area contributed by atoms with Gasteiger partial charge < -0.3 is 9.47 Å². The number of hydrogen-bond donors (Lipinski definition) is 1. The Hall–Kier alpha value is -3.62. The van der Waals surface area contributed by atoms with Crippen molar-refractivity contribution >= 4 is 57.1 Å². The van der Waals surface area contributed by atoms with Gasteiger partial charge in [0.05, 0.1) is 12.3 Å². The number of carbonyl (C=O) groups is 3. The average Bonchev–Trinajstić information content (AvgIpc) is 2.86. The lowest BCUT2D eigenvalue weighted by molar-refractivity contribution is -0.122. The maximum absolute atomic E-state index is 13.3. The Bertz CT molecular complexity index is 1340. The first-order valence-electron chi connectivity index (χ1n) is 11.2. The molecule has 0 saturated carbocycles. The lowest BCUT2D eigenvalue weighted by atomic mass is 10.1. The molecule has 3 aromatic rings. The molecule has 3 aromatic carbocycles. The van der Waals surface area contributed by atoms with Gasteiger partial charge in [0.1, 0.15) is 23.7 Å². The van der Waals surface area contributed by atoms with Crippen molar-refractivity contribution in [2.75, 3.05) is 11.5 Å². The summed E-state index contributed by atoms with van der Waals surface area (Å²) >= 11 is 9.68. The highest BCUT2D eigenvalue weighted by Gasteiger charge is 2.37. The number of benzene rings is 3. The Morgan fingerprint density at radius 1 is 1.00 bits per heavy atom. The molecule has 36 heavy (non-hydrogen) atoms. The number of hydrogen-bond acceptors (Lipinski definition) is 5. The zero-order valence-electron chi connectivity index (χ0n) is 19.3. The molecule has 0 bridgehead atoms. The number of carbonyl (C=O) groups excluding carboxylic acids is 3. The molecule has 0 aromatic heterocycles. The Morgan fingerprint density at radius 3 is 2.47 bits per heavy atom. The summed E-state index contributed by atoms with van der Waals surface area (Å²) in [5.74, 6) is -0.532. The standard InChI is InChI=1S/C27H22BrClN2O5/c1-2-13-35-21-10-8-20(9-11-21)31-26(33)22(25(32)30-27(31)34)15-18-14-19(29)7-12-24(18)36-16-17-5-3-4-6-23(17)28/h3-12,14-15H,2,13,16H2,1H3,(H,30,32,34)/b22-15-. The van der Waals surface area contributed by atoms with Crippen LogP contribution >= 0.6 is 27.5 Å². The first-order chi connectivity index (χ1) is 17.4. The van der Waals surface area contributed by atoms with Crippen LogP contribution in [-0.4, -0.2) is 24.5 Å². The van der Waals surface area contributed by atoms with Gasteiger partial charge in [-0.1, -0.05) is 52.7 Å². The third kappa shape index (κ3) is 5.78. The highest BCUT2D eigenvalue weighted by atomic mass is 79.9. The molecule has 7 nitrogen and oxygen atoms in total. The van der Waals surface area contributed by atoms with E-state index in [0.29, 0.717) is 34.4 Å². The fraction of sp³-hybridized carbons (Fsp3) is 0.148. The van der Waals surface area contributed by atoms with E-state index in [1.54, 1.807) is 42.5 Å². The second-order valence-corrected chi connectivity index (χ2v) is 9.15. The Morgan fingerprint density at radius 2 is 1.75 bits per heavy atom. The van der Waals surface area contributed by atoms with E-state index in [1.165, 1.54) is 6.08 Å². The van der Waals surface area contributed by atoms with Crippen molar-refractivity contribution in [3.05, 3.63) is 92.9 Å². The predicted molar refractivity (Wildman–Crippen MR) is 141 cm³/mol. The molecule has 1 heterocycles. The second kappa shape index (κ2) is 11.4. The molecule has 184 valence electrons. The number of anilines is 1. The highest BCUT2D eigenvalue weighted by Crippen LogP contribution is 2.29. The first-order valence-corrected chi connectivity index (χ1v) is 12.3. The van der Waals surface area contributed by atoms with E-state index in [4.69, 9.17) is 21.1 Å². The molecule has 0 unspecified atom stereocenters. The van der Waals surface area contributed by atoms with Crippen LogP contribution in [0.3, 0.4) is 0 Å². The van der Waals surface area contributed by atoms with Crippen molar-refractivity contribution in [1.82, 2.24) is 5.32 Å². The van der Waals surface area contributed by atoms with Crippen molar-refractivity contribution in [3.8, 4) is 11.5 Å². The normalized spacial score (nSPS) is 14.7. The van der Waals surface area contributed by atoms with Crippen LogP contribution in [0.25, 0.3) is 6.08 Å². The molecule has 0 spiro atoms. The van der Waals surface area contributed by atoms with Crippen molar-refractivity contribution in [1.29, 1.82) is 0 Å². The Balaban J connectivity index is 1.63. The lowest BCUT2D eigenvalue weighted by Gasteiger charge is -2.26. The molecule has 0 radical (unpaired) electrons. The third-order valence-corrected chi connectivity index (χ3v) is 6.29. The summed E-state index contributed by atoms with van der Waals surface area (Å²) in [6.45, 7) is 2.79. The molecule has 9 heteroatoms. The minimum absolute atomic E-state index is 0.228. The van der Waals surface area contributed by atoms with Crippen LogP contribution in [0.5, 0.6) is 11.5 Å². The zero-order valence-corrected chi connectivity index (χ0v) is 21.6. The predicted octanol–water partition coefficient (Wildman–Crippen LogP) is 6.14. The number of nitrogens with zero attached hydrogens (tertiary/aromatic N) is 1. The van der Waals surface area contributed by atoms with E-state index >= 15 is 0 Å². The van der Waals surface area contributed by atoms with Gasteiger partial charge in [0, 0.05) is 20.6 Å². The van der Waals surface area contributed by atoms with Crippen molar-refractivity contribution < 1.29 is 23.9 Å². The maximum Gasteiger partial charge on any atom is 0.335 e. The van der Waals surface area contributed by atoms with Crippen molar-refractivity contribution in [3.63, 3.8) is 0 Å². The number of urea groups is 1. The molecule has 4 rings (SSSR count). The number of halogens is 2. The molecule has 1 fully saturated rings. The molecule has 0 atom stereocenters. The van der Waals surface area contributed by atoms with Crippen LogP contribution in [0.4, 0.5) is 10.5 Å². The monoisotopic (exact) mass is 568 g/mol. The summed E-state index contributed by atoms with van der Waals surface area (Å²) in [5, 5.41) is 2.62. The minimum atomic E-state index is -0.833. The molecule has 1 aliphatic rings. The summed E-state index contributed by atoms with van der Waals surface area (Å²) in [6.07, 6.45) is 2.22. The topological polar surface area (TPSA) is 84.9 Å². The summed E-state index contributed by atoms with van der Waals surface area (Å²) in [5.41, 5.74) is 1.41. The van der Waals surface area contributed by atoms with Gasteiger partial charge in [-0.2, -0.15) is 0 Å². The van der Waals surface area contributed by atoms with E-state index in [9.17, 15) is 14.4 Å². The second-order valence-electron chi connectivity index (χ2n) is 7.86. The lowest BCUT2D eigenvalue weighted by Crippen LogP contribution is -2.54. The molecule has 0 aliphatic carbocycles. The third-order valence-electron chi connectivity index (χ3n) is 5.28. The van der Waals surface area contributed by atoms with Gasteiger partial charge in [-0.3, -0.25) is 14.9 Å². The summed E-state index contributed by atoms with van der Waals surface area (Å²) < 4.78 is 12.4. The zero-order chi connectivity index (χ0) is 25.7. The van der Waals surface area contributed by atoms with Crippen molar-refractivity contribution in [2.45, 2.75) is 20.0 Å². The molecule has 1 saturated heterocycles. The molecular weight excluding hydrogens is 548 g/mol. The Labute approximate surface area is 221 Å². The summed E-state index contributed by atoms with van der Waals surface area (Å²) in [7, 11) is 0. The van der Waals surface area contributed by atoms with Crippen molar-refractivity contribution in [2.24, 2.45) is 0 Å². The Kier molecular flexibility index (Phi) is 8.07. The fourth-order valence-electron chi connectivity index (χ4n) is 3.49. The van der Waals surface area contributed by atoms with Crippen LogP contribution in [0.15, 0.2) is 76.8 Å². The fourth-order valence-corrected chi connectivity index (χ4v) is 4.07. The quantitative estimate of drug-likeness (QED) is 0.260. The number of ether oxygens (including phenoxy) is 2. The van der Waals surface area contributed by atoms with Crippen LogP contribution in [0.1, 0.15) is 24.5 Å². The smallest absolute Gasteiger partial charge is 0.335 e. The number of barbiturate groups is 1. The van der Waals surface area contributed by atoms with Crippen LogP contribution < -0.4 is 19.7 Å². The molecular formula is C27H22BrClN2O5. The van der Waals surface area contributed by atoms with E-state index in [1.807, 2.05) is 31.2 Å². The van der Waals surface area contributed by atoms with E-state index < -0.39 is 17.8 Å². The summed E-state index contributed by atoms with van der Waals surface area (Å²) in [6, 6.07) is 18.2. The van der Waals surface area contributed by atoms with Gasteiger partial charge in [-0.05, 0) is 61.0 Å². The maximum atomic E-state index is 13.3. The van der Waals surface area contributed by atoms with Gasteiger partial charge in [0.15, 0.2) is 0 Å². The summed E-state index contributed by atoms with van der Waals surface area (Å²) in [4.78, 5) is 39.4. The van der Waals surface area contributed by atoms with Gasteiger partial charge in [-0.15, -0.1) is 0 Å². The van der Waals surface area contributed by atoms with E-state index in [0.717, 1.165) is 21.4 Å². The number of amides is 4. The van der Waals surface area contributed by atoms with Crippen LogP contribution in [-0.2, 0) is 16.2 Å². The molecule has 1 aliphatic heterocycles. The molecule has 4 amide bonds. The highest BCUT2D eigenvalue weighted by molar-refractivity contribution is 9.10. The number of nitrogens with one attached hydrogen (secondary N) is 1. The molecule has 1 N–H and O–H groups in total. The van der Waals surface area contributed by atoms with Gasteiger partial charge >= 0.3 is 6.03 Å². The van der Waals surface area contributed by atoms with Gasteiger partial charge in [0.2, 0.25) is 0 Å². The number of rotatable bonds is 8. The number of imide groups is 2. The minimum Gasteiger partial charge on any atom is -0.494 e. The SMILES string of the molecule is CCCOc1ccc(N2C(=O)NC(=O)/C(=C/c3cc(Cl)ccc3OCc3ccccc3Br)C2=O)cc1. The van der Waals surface area contributed by atoms with Gasteiger partial charge in [-0.25, -0.2) is 9.69 Å².